The van der Waals surface area contributed by atoms with E-state index < -0.39 is 23.4 Å². The molecule has 1 heterocycles. The molecule has 1 aromatic heterocycles. The number of carbonyl (C=O) groups is 3. The molecule has 6 nitrogen and oxygen atoms in total. The minimum atomic E-state index is -1.34. The highest BCUT2D eigenvalue weighted by atomic mass is 32.1. The van der Waals surface area contributed by atoms with Gasteiger partial charge in [0.1, 0.15) is 5.00 Å². The first-order valence-corrected chi connectivity index (χ1v) is 11.1. The highest BCUT2D eigenvalue weighted by molar-refractivity contribution is 7.17. The first kappa shape index (κ1) is 23.4. The summed E-state index contributed by atoms with van der Waals surface area (Å²) >= 11 is 1.44. The predicted molar refractivity (Wildman–Crippen MR) is 114 cm³/mol. The molecule has 1 aliphatic rings. The molecule has 162 valence electrons. The normalized spacial score (nSPS) is 16.7. The molecule has 1 amide bonds. The lowest BCUT2D eigenvalue weighted by atomic mass is 9.69. The molecule has 2 rings (SSSR count). The number of nitrogens with one attached hydrogen (secondary N) is 1. The van der Waals surface area contributed by atoms with Gasteiger partial charge < -0.3 is 14.8 Å². The Labute approximate surface area is 177 Å². The highest BCUT2D eigenvalue weighted by Gasteiger charge is 2.37. The van der Waals surface area contributed by atoms with Crippen molar-refractivity contribution in [2.24, 2.45) is 11.3 Å². The fourth-order valence-electron chi connectivity index (χ4n) is 3.71. The molecule has 1 N–H and O–H groups in total. The minimum absolute atomic E-state index is 0.215. The second kappa shape index (κ2) is 8.86. The molecule has 1 aromatic rings. The number of amides is 1. The Morgan fingerprint density at radius 2 is 1.83 bits per heavy atom. The highest BCUT2D eigenvalue weighted by Crippen LogP contribution is 2.45. The van der Waals surface area contributed by atoms with Gasteiger partial charge in [0, 0.05) is 11.8 Å². The molecule has 0 aromatic carbocycles. The fraction of sp³-hybridized carbons (Fsp3) is 0.682. The summed E-state index contributed by atoms with van der Waals surface area (Å²) in [6.07, 6.45) is 3.76. The summed E-state index contributed by atoms with van der Waals surface area (Å²) in [5, 5.41) is 3.30. The number of carbonyl (C=O) groups excluding carboxylic acids is 3. The Bertz CT molecular complexity index is 793. The Kier molecular flexibility index (Phi) is 7.14. The summed E-state index contributed by atoms with van der Waals surface area (Å²) in [7, 11) is 0. The number of ether oxygens (including phenoxy) is 2. The zero-order valence-corrected chi connectivity index (χ0v) is 19.4. The summed E-state index contributed by atoms with van der Waals surface area (Å²) in [5.74, 6) is -0.901. The van der Waals surface area contributed by atoms with Crippen LogP contribution in [0.2, 0.25) is 0 Å². The number of hydrogen-bond donors (Lipinski definition) is 1. The van der Waals surface area contributed by atoms with E-state index >= 15 is 0 Å². The molecule has 7 heteroatoms. The van der Waals surface area contributed by atoms with E-state index in [1.807, 2.05) is 0 Å². The number of hydrogen-bond acceptors (Lipinski definition) is 6. The minimum Gasteiger partial charge on any atom is -0.462 e. The molecule has 1 atom stereocenters. The molecule has 0 aliphatic heterocycles. The van der Waals surface area contributed by atoms with Gasteiger partial charge in [0.25, 0.3) is 5.91 Å². The van der Waals surface area contributed by atoms with Gasteiger partial charge in [0.2, 0.25) is 0 Å². The average molecular weight is 424 g/mol. The van der Waals surface area contributed by atoms with Gasteiger partial charge in [0.15, 0.2) is 5.60 Å². The summed E-state index contributed by atoms with van der Waals surface area (Å²) in [5.41, 5.74) is 0.311. The molecule has 0 radical (unpaired) electrons. The Morgan fingerprint density at radius 3 is 2.38 bits per heavy atom. The first-order valence-electron chi connectivity index (χ1n) is 10.3. The van der Waals surface area contributed by atoms with Crippen LogP contribution in [-0.2, 0) is 31.9 Å². The van der Waals surface area contributed by atoms with Gasteiger partial charge in [0.05, 0.1) is 12.2 Å². The first-order chi connectivity index (χ1) is 13.4. The van der Waals surface area contributed by atoms with Crippen LogP contribution in [-0.4, -0.2) is 30.1 Å². The Morgan fingerprint density at radius 1 is 1.17 bits per heavy atom. The molecular weight excluding hydrogens is 390 g/mol. The van der Waals surface area contributed by atoms with E-state index in [2.05, 4.69) is 26.1 Å². The number of esters is 2. The van der Waals surface area contributed by atoms with Gasteiger partial charge in [-0.05, 0) is 56.9 Å². The standard InChI is InChI=1S/C22H33NO5S/c1-8-21(4,5)14-10-11-15-16(12-14)29-18(17(15)19(25)27-9-2)23-20(26)22(6,7)28-13(3)24/h14H,8-12H2,1-7H3,(H,23,26)/t14-/m0/s1. The molecular formula is C22H33NO5S. The monoisotopic (exact) mass is 423 g/mol. The summed E-state index contributed by atoms with van der Waals surface area (Å²) < 4.78 is 10.4. The lowest BCUT2D eigenvalue weighted by Gasteiger charge is -2.36. The number of thiophene rings is 1. The van der Waals surface area contributed by atoms with Crippen LogP contribution in [0.3, 0.4) is 0 Å². The van der Waals surface area contributed by atoms with Crippen molar-refractivity contribution in [1.82, 2.24) is 0 Å². The van der Waals surface area contributed by atoms with Crippen LogP contribution in [0, 0.1) is 11.3 Å². The van der Waals surface area contributed by atoms with Gasteiger partial charge in [-0.25, -0.2) is 4.79 Å². The summed E-state index contributed by atoms with van der Waals surface area (Å²) in [6, 6.07) is 0. The number of rotatable bonds is 7. The zero-order valence-electron chi connectivity index (χ0n) is 18.6. The van der Waals surface area contributed by atoms with Crippen molar-refractivity contribution in [1.29, 1.82) is 0 Å². The smallest absolute Gasteiger partial charge is 0.341 e. The SMILES string of the molecule is CCOC(=O)c1c(NC(=O)C(C)(C)OC(C)=O)sc2c1CC[C@H](C(C)(C)CC)C2. The zero-order chi connectivity index (χ0) is 22.0. The van der Waals surface area contributed by atoms with Gasteiger partial charge >= 0.3 is 11.9 Å². The van der Waals surface area contributed by atoms with Gasteiger partial charge in [-0.15, -0.1) is 11.3 Å². The van der Waals surface area contributed by atoms with Crippen molar-refractivity contribution >= 4 is 34.2 Å². The van der Waals surface area contributed by atoms with Crippen molar-refractivity contribution in [2.75, 3.05) is 11.9 Å². The third-order valence-corrected chi connectivity index (χ3v) is 7.10. The van der Waals surface area contributed by atoms with Crippen LogP contribution < -0.4 is 5.32 Å². The van der Waals surface area contributed by atoms with E-state index in [9.17, 15) is 14.4 Å². The van der Waals surface area contributed by atoms with E-state index in [0.29, 0.717) is 16.5 Å². The average Bonchev–Trinajstić information content (AvgIpc) is 2.97. The maximum Gasteiger partial charge on any atom is 0.341 e. The largest absolute Gasteiger partial charge is 0.462 e. The second-order valence-corrected chi connectivity index (χ2v) is 9.87. The maximum absolute atomic E-state index is 12.8. The fourth-order valence-corrected chi connectivity index (χ4v) is 5.02. The Balaban J connectivity index is 2.39. The maximum atomic E-state index is 12.8. The van der Waals surface area contributed by atoms with E-state index in [0.717, 1.165) is 36.1 Å². The Hall–Kier alpha value is -1.89. The van der Waals surface area contributed by atoms with Crippen molar-refractivity contribution in [3.05, 3.63) is 16.0 Å². The molecule has 1 aliphatic carbocycles. The van der Waals surface area contributed by atoms with Crippen molar-refractivity contribution < 1.29 is 23.9 Å². The van der Waals surface area contributed by atoms with Crippen LogP contribution in [0.4, 0.5) is 5.00 Å². The molecule has 0 saturated carbocycles. The lowest BCUT2D eigenvalue weighted by molar-refractivity contribution is -0.160. The van der Waals surface area contributed by atoms with Crippen LogP contribution in [0.5, 0.6) is 0 Å². The predicted octanol–water partition coefficient (Wildman–Crippen LogP) is 4.75. The molecule has 29 heavy (non-hydrogen) atoms. The van der Waals surface area contributed by atoms with Crippen LogP contribution in [0.1, 0.15) is 82.1 Å². The quantitative estimate of drug-likeness (QED) is 0.640. The molecule has 0 saturated heterocycles. The number of anilines is 1. The summed E-state index contributed by atoms with van der Waals surface area (Å²) in [4.78, 5) is 37.9. The van der Waals surface area contributed by atoms with Crippen LogP contribution in [0.25, 0.3) is 0 Å². The van der Waals surface area contributed by atoms with Crippen LogP contribution >= 0.6 is 11.3 Å². The molecule has 0 bridgehead atoms. The van der Waals surface area contributed by atoms with Crippen molar-refractivity contribution in [3.8, 4) is 0 Å². The third-order valence-electron chi connectivity index (χ3n) is 5.93. The molecule has 0 unspecified atom stereocenters. The lowest BCUT2D eigenvalue weighted by Crippen LogP contribution is -2.41. The van der Waals surface area contributed by atoms with Gasteiger partial charge in [-0.1, -0.05) is 27.2 Å². The third kappa shape index (κ3) is 5.18. The summed E-state index contributed by atoms with van der Waals surface area (Å²) in [6.45, 7) is 13.1. The van der Waals surface area contributed by atoms with Crippen molar-refractivity contribution in [3.63, 3.8) is 0 Å². The van der Waals surface area contributed by atoms with E-state index in [1.165, 1.54) is 32.1 Å². The van der Waals surface area contributed by atoms with E-state index in [4.69, 9.17) is 9.47 Å². The van der Waals surface area contributed by atoms with Crippen molar-refractivity contribution in [2.45, 2.75) is 79.8 Å². The van der Waals surface area contributed by atoms with E-state index in [-0.39, 0.29) is 12.0 Å². The second-order valence-electron chi connectivity index (χ2n) is 8.77. The van der Waals surface area contributed by atoms with Gasteiger partial charge in [-0.2, -0.15) is 0 Å². The number of fused-ring (bicyclic) bond motifs is 1. The van der Waals surface area contributed by atoms with E-state index in [1.54, 1.807) is 6.92 Å². The molecule has 0 spiro atoms. The molecule has 0 fully saturated rings. The topological polar surface area (TPSA) is 81.7 Å². The van der Waals surface area contributed by atoms with Crippen LogP contribution in [0.15, 0.2) is 0 Å². The van der Waals surface area contributed by atoms with Gasteiger partial charge in [-0.3, -0.25) is 9.59 Å².